The molecular formula is C14H13ClN2O3. The molecule has 1 heterocycles. The van der Waals surface area contributed by atoms with Crippen molar-refractivity contribution in [1.29, 1.82) is 0 Å². The van der Waals surface area contributed by atoms with Gasteiger partial charge in [-0.05, 0) is 30.3 Å². The topological polar surface area (TPSA) is 71.3 Å². The van der Waals surface area contributed by atoms with Crippen LogP contribution in [0.3, 0.4) is 0 Å². The highest BCUT2D eigenvalue weighted by Crippen LogP contribution is 2.14. The lowest BCUT2D eigenvalue weighted by Crippen LogP contribution is -2.27. The maximum absolute atomic E-state index is 11.7. The average molecular weight is 293 g/mol. The van der Waals surface area contributed by atoms with Gasteiger partial charge in [0.2, 0.25) is 11.8 Å². The fraction of sp³-hybridized carbons (Fsp3) is 0.143. The zero-order chi connectivity index (χ0) is 14.4. The van der Waals surface area contributed by atoms with E-state index in [1.807, 2.05) is 0 Å². The number of rotatable bonds is 5. The predicted octanol–water partition coefficient (Wildman–Crippen LogP) is 2.58. The van der Waals surface area contributed by atoms with E-state index in [2.05, 4.69) is 10.6 Å². The molecule has 2 rings (SSSR count). The highest BCUT2D eigenvalue weighted by molar-refractivity contribution is 6.30. The largest absolute Gasteiger partial charge is 0.467 e. The summed E-state index contributed by atoms with van der Waals surface area (Å²) >= 11 is 5.80. The van der Waals surface area contributed by atoms with E-state index < -0.39 is 5.91 Å². The van der Waals surface area contributed by atoms with Crippen molar-refractivity contribution in [1.82, 2.24) is 5.32 Å². The normalized spacial score (nSPS) is 10.1. The van der Waals surface area contributed by atoms with Crippen LogP contribution in [0.2, 0.25) is 5.02 Å². The smallest absolute Gasteiger partial charge is 0.233 e. The minimum atomic E-state index is -0.399. The Balaban J connectivity index is 1.77. The molecule has 1 aromatic carbocycles. The zero-order valence-corrected chi connectivity index (χ0v) is 11.3. The first kappa shape index (κ1) is 14.1. The van der Waals surface area contributed by atoms with E-state index in [9.17, 15) is 9.59 Å². The van der Waals surface area contributed by atoms with Gasteiger partial charge >= 0.3 is 0 Å². The quantitative estimate of drug-likeness (QED) is 0.832. The van der Waals surface area contributed by atoms with Gasteiger partial charge in [0.1, 0.15) is 12.2 Å². The molecule has 104 valence electrons. The van der Waals surface area contributed by atoms with Crippen molar-refractivity contribution in [3.05, 3.63) is 53.4 Å². The minimum absolute atomic E-state index is 0.257. The van der Waals surface area contributed by atoms with Gasteiger partial charge in [-0.15, -0.1) is 0 Å². The molecule has 0 fully saturated rings. The monoisotopic (exact) mass is 292 g/mol. The van der Waals surface area contributed by atoms with Crippen LogP contribution in [0.25, 0.3) is 0 Å². The molecular weight excluding hydrogens is 280 g/mol. The Morgan fingerprint density at radius 3 is 2.70 bits per heavy atom. The standard InChI is InChI=1S/C14H13ClN2O3/c15-10-3-1-4-11(7-10)17-14(19)8-13(18)16-9-12-5-2-6-20-12/h1-7H,8-9H2,(H,16,18)(H,17,19). The van der Waals surface area contributed by atoms with Crippen LogP contribution in [0.4, 0.5) is 5.69 Å². The molecule has 5 nitrogen and oxygen atoms in total. The van der Waals surface area contributed by atoms with Crippen LogP contribution >= 0.6 is 11.6 Å². The molecule has 0 aliphatic rings. The zero-order valence-electron chi connectivity index (χ0n) is 10.6. The Hall–Kier alpha value is -2.27. The lowest BCUT2D eigenvalue weighted by Gasteiger charge is -2.06. The molecule has 0 unspecified atom stereocenters. The summed E-state index contributed by atoms with van der Waals surface area (Å²) in [7, 11) is 0. The summed E-state index contributed by atoms with van der Waals surface area (Å²) in [6.45, 7) is 0.260. The Kier molecular flexibility index (Phi) is 4.79. The summed E-state index contributed by atoms with van der Waals surface area (Å²) < 4.78 is 5.07. The number of hydrogen-bond donors (Lipinski definition) is 2. The van der Waals surface area contributed by atoms with E-state index in [0.717, 1.165) is 0 Å². The van der Waals surface area contributed by atoms with Gasteiger partial charge in [-0.25, -0.2) is 0 Å². The fourth-order valence-electron chi connectivity index (χ4n) is 1.58. The first-order valence-corrected chi connectivity index (χ1v) is 6.36. The maximum atomic E-state index is 11.7. The number of amides is 2. The maximum Gasteiger partial charge on any atom is 0.233 e. The first-order valence-electron chi connectivity index (χ1n) is 5.98. The summed E-state index contributed by atoms with van der Waals surface area (Å²) in [5.74, 6) is -0.140. The molecule has 0 atom stereocenters. The molecule has 1 aromatic heterocycles. The number of carbonyl (C=O) groups excluding carboxylic acids is 2. The SMILES string of the molecule is O=C(CC(=O)Nc1cccc(Cl)c1)NCc1ccco1. The Bertz CT molecular complexity index is 596. The summed E-state index contributed by atoms with van der Waals surface area (Å²) in [6, 6.07) is 10.2. The molecule has 0 aliphatic heterocycles. The van der Waals surface area contributed by atoms with Crippen LogP contribution in [0.1, 0.15) is 12.2 Å². The number of halogens is 1. The number of carbonyl (C=O) groups is 2. The van der Waals surface area contributed by atoms with E-state index in [1.54, 1.807) is 36.4 Å². The molecule has 0 bridgehead atoms. The van der Waals surface area contributed by atoms with Crippen LogP contribution in [0, 0.1) is 0 Å². The van der Waals surface area contributed by atoms with Gasteiger partial charge < -0.3 is 15.1 Å². The Morgan fingerprint density at radius 1 is 1.15 bits per heavy atom. The predicted molar refractivity (Wildman–Crippen MR) is 75.3 cm³/mol. The second-order valence-electron chi connectivity index (χ2n) is 4.09. The van der Waals surface area contributed by atoms with Crippen LogP contribution in [-0.2, 0) is 16.1 Å². The number of benzene rings is 1. The van der Waals surface area contributed by atoms with E-state index in [1.165, 1.54) is 6.26 Å². The van der Waals surface area contributed by atoms with Crippen molar-refractivity contribution in [2.24, 2.45) is 0 Å². The van der Waals surface area contributed by atoms with E-state index in [4.69, 9.17) is 16.0 Å². The highest BCUT2D eigenvalue weighted by Gasteiger charge is 2.10. The number of furan rings is 1. The van der Waals surface area contributed by atoms with Gasteiger partial charge in [0.15, 0.2) is 0 Å². The number of nitrogens with one attached hydrogen (secondary N) is 2. The van der Waals surface area contributed by atoms with Crippen molar-refractivity contribution < 1.29 is 14.0 Å². The Labute approximate surface area is 120 Å². The van der Waals surface area contributed by atoms with Gasteiger partial charge in [-0.3, -0.25) is 9.59 Å². The van der Waals surface area contributed by atoms with Crippen LogP contribution in [0.5, 0.6) is 0 Å². The number of anilines is 1. The minimum Gasteiger partial charge on any atom is -0.467 e. The molecule has 0 radical (unpaired) electrons. The van der Waals surface area contributed by atoms with Gasteiger partial charge in [0, 0.05) is 10.7 Å². The summed E-state index contributed by atoms with van der Waals surface area (Å²) in [4.78, 5) is 23.2. The van der Waals surface area contributed by atoms with Crippen molar-refractivity contribution in [2.75, 3.05) is 5.32 Å². The Morgan fingerprint density at radius 2 is 2.00 bits per heavy atom. The van der Waals surface area contributed by atoms with E-state index >= 15 is 0 Å². The summed E-state index contributed by atoms with van der Waals surface area (Å²) in [5, 5.41) is 5.71. The average Bonchev–Trinajstić information content (AvgIpc) is 2.89. The van der Waals surface area contributed by atoms with Gasteiger partial charge in [0.05, 0.1) is 12.8 Å². The molecule has 0 aliphatic carbocycles. The van der Waals surface area contributed by atoms with E-state index in [0.29, 0.717) is 16.5 Å². The molecule has 0 saturated carbocycles. The van der Waals surface area contributed by atoms with Gasteiger partial charge in [0.25, 0.3) is 0 Å². The molecule has 2 N–H and O–H groups in total. The lowest BCUT2D eigenvalue weighted by molar-refractivity contribution is -0.127. The molecule has 2 amide bonds. The van der Waals surface area contributed by atoms with Crippen LogP contribution in [0.15, 0.2) is 47.1 Å². The molecule has 2 aromatic rings. The third-order valence-electron chi connectivity index (χ3n) is 2.47. The summed E-state index contributed by atoms with van der Waals surface area (Å²) in [6.07, 6.45) is 1.26. The van der Waals surface area contributed by atoms with Gasteiger partial charge in [-0.2, -0.15) is 0 Å². The van der Waals surface area contributed by atoms with Crippen molar-refractivity contribution in [3.63, 3.8) is 0 Å². The molecule has 6 heteroatoms. The van der Waals surface area contributed by atoms with Crippen molar-refractivity contribution in [2.45, 2.75) is 13.0 Å². The van der Waals surface area contributed by atoms with Crippen LogP contribution in [-0.4, -0.2) is 11.8 Å². The fourth-order valence-corrected chi connectivity index (χ4v) is 1.77. The number of hydrogen-bond acceptors (Lipinski definition) is 3. The van der Waals surface area contributed by atoms with E-state index in [-0.39, 0.29) is 18.9 Å². The van der Waals surface area contributed by atoms with Crippen molar-refractivity contribution in [3.8, 4) is 0 Å². The van der Waals surface area contributed by atoms with Gasteiger partial charge in [-0.1, -0.05) is 17.7 Å². The van der Waals surface area contributed by atoms with Crippen molar-refractivity contribution >= 4 is 29.1 Å². The highest BCUT2D eigenvalue weighted by atomic mass is 35.5. The molecule has 0 saturated heterocycles. The second kappa shape index (κ2) is 6.77. The second-order valence-corrected chi connectivity index (χ2v) is 4.53. The van der Waals surface area contributed by atoms with Crippen LogP contribution < -0.4 is 10.6 Å². The third-order valence-corrected chi connectivity index (χ3v) is 2.70. The third kappa shape index (κ3) is 4.44. The molecule has 20 heavy (non-hydrogen) atoms. The molecule has 0 spiro atoms. The summed E-state index contributed by atoms with van der Waals surface area (Å²) in [5.41, 5.74) is 0.557. The first-order chi connectivity index (χ1) is 9.63. The lowest BCUT2D eigenvalue weighted by atomic mass is 10.3.